The van der Waals surface area contributed by atoms with Gasteiger partial charge in [0.05, 0.1) is 0 Å². The topological polar surface area (TPSA) is 46.3 Å². The molecule has 1 fully saturated rings. The van der Waals surface area contributed by atoms with Crippen LogP contribution in [0, 0.1) is 12.8 Å². The summed E-state index contributed by atoms with van der Waals surface area (Å²) in [6, 6.07) is 5.80. The van der Waals surface area contributed by atoms with Gasteiger partial charge < -0.3 is 10.6 Å². The van der Waals surface area contributed by atoms with Gasteiger partial charge in [0.25, 0.3) is 5.91 Å². The molecular weight excluding hydrogens is 304 g/mol. The Bertz CT molecular complexity index is 453. The van der Waals surface area contributed by atoms with Crippen LogP contribution in [0.1, 0.15) is 35.2 Å². The van der Waals surface area contributed by atoms with E-state index in [4.69, 9.17) is 5.73 Å². The van der Waals surface area contributed by atoms with Gasteiger partial charge in [0.1, 0.15) is 0 Å². The first kappa shape index (κ1) is 14.5. The van der Waals surface area contributed by atoms with E-state index >= 15 is 0 Å². The first-order chi connectivity index (χ1) is 9.11. The molecule has 1 aliphatic rings. The Hall–Kier alpha value is -0.870. The Morgan fingerprint density at radius 1 is 1.42 bits per heavy atom. The SMILES string of the molecule is Cc1cc(C(=O)N2CCC(CCN)CC2)ccc1Br. The number of rotatable bonds is 3. The van der Waals surface area contributed by atoms with E-state index in [0.29, 0.717) is 5.92 Å². The van der Waals surface area contributed by atoms with E-state index < -0.39 is 0 Å². The second-order valence-electron chi connectivity index (χ2n) is 5.28. The third-order valence-electron chi connectivity index (χ3n) is 3.88. The Morgan fingerprint density at radius 3 is 2.68 bits per heavy atom. The number of benzene rings is 1. The van der Waals surface area contributed by atoms with Crippen LogP contribution in [-0.4, -0.2) is 30.4 Å². The Morgan fingerprint density at radius 2 is 2.11 bits per heavy atom. The van der Waals surface area contributed by atoms with Crippen molar-refractivity contribution in [1.29, 1.82) is 0 Å². The standard InChI is InChI=1S/C15H21BrN2O/c1-11-10-13(2-3-14(11)16)15(19)18-8-5-12(4-7-17)6-9-18/h2-3,10,12H,4-9,17H2,1H3. The lowest BCUT2D eigenvalue weighted by molar-refractivity contribution is 0.0688. The van der Waals surface area contributed by atoms with Crippen LogP contribution in [0.15, 0.2) is 22.7 Å². The van der Waals surface area contributed by atoms with Gasteiger partial charge in [-0.1, -0.05) is 15.9 Å². The number of piperidine rings is 1. The van der Waals surface area contributed by atoms with Gasteiger partial charge in [-0.05, 0) is 62.4 Å². The summed E-state index contributed by atoms with van der Waals surface area (Å²) in [5, 5.41) is 0. The fraction of sp³-hybridized carbons (Fsp3) is 0.533. The summed E-state index contributed by atoms with van der Waals surface area (Å²) in [5.41, 5.74) is 7.48. The molecule has 2 rings (SSSR count). The number of nitrogens with two attached hydrogens (primary N) is 1. The molecule has 1 aromatic carbocycles. The molecule has 1 aromatic rings. The predicted molar refractivity (Wildman–Crippen MR) is 81.2 cm³/mol. The minimum Gasteiger partial charge on any atom is -0.339 e. The average Bonchev–Trinajstić information content (AvgIpc) is 2.42. The molecule has 1 heterocycles. The smallest absolute Gasteiger partial charge is 0.253 e. The van der Waals surface area contributed by atoms with Crippen LogP contribution in [0.4, 0.5) is 0 Å². The fourth-order valence-corrected chi connectivity index (χ4v) is 2.87. The summed E-state index contributed by atoms with van der Waals surface area (Å²) in [5.74, 6) is 0.850. The second-order valence-corrected chi connectivity index (χ2v) is 6.13. The zero-order valence-corrected chi connectivity index (χ0v) is 12.9. The summed E-state index contributed by atoms with van der Waals surface area (Å²) in [6.07, 6.45) is 3.25. The van der Waals surface area contributed by atoms with Gasteiger partial charge in [0.2, 0.25) is 0 Å². The molecule has 0 spiro atoms. The summed E-state index contributed by atoms with van der Waals surface area (Å²) < 4.78 is 1.05. The van der Waals surface area contributed by atoms with Crippen molar-refractivity contribution in [3.8, 4) is 0 Å². The zero-order valence-electron chi connectivity index (χ0n) is 11.4. The van der Waals surface area contributed by atoms with Gasteiger partial charge in [0.15, 0.2) is 0 Å². The normalized spacial score (nSPS) is 16.7. The van der Waals surface area contributed by atoms with E-state index in [-0.39, 0.29) is 5.91 Å². The van der Waals surface area contributed by atoms with Crippen LogP contribution in [0.3, 0.4) is 0 Å². The molecule has 1 amide bonds. The van der Waals surface area contributed by atoms with Gasteiger partial charge >= 0.3 is 0 Å². The molecular formula is C15H21BrN2O. The molecule has 0 radical (unpaired) electrons. The lowest BCUT2D eigenvalue weighted by Crippen LogP contribution is -2.38. The predicted octanol–water partition coefficient (Wildman–Crippen LogP) is 2.96. The number of likely N-dealkylation sites (tertiary alicyclic amines) is 1. The van der Waals surface area contributed by atoms with E-state index in [1.807, 2.05) is 30.0 Å². The number of hydrogen-bond donors (Lipinski definition) is 1. The number of aryl methyl sites for hydroxylation is 1. The summed E-state index contributed by atoms with van der Waals surface area (Å²) in [4.78, 5) is 14.4. The molecule has 19 heavy (non-hydrogen) atoms. The lowest BCUT2D eigenvalue weighted by atomic mass is 9.93. The quantitative estimate of drug-likeness (QED) is 0.929. The Kier molecular flexibility index (Phi) is 4.99. The van der Waals surface area contributed by atoms with Crippen LogP contribution in [-0.2, 0) is 0 Å². The minimum absolute atomic E-state index is 0.154. The molecule has 0 atom stereocenters. The fourth-order valence-electron chi connectivity index (χ4n) is 2.62. The highest BCUT2D eigenvalue weighted by molar-refractivity contribution is 9.10. The van der Waals surface area contributed by atoms with Crippen LogP contribution < -0.4 is 5.73 Å². The van der Waals surface area contributed by atoms with Crippen LogP contribution in [0.2, 0.25) is 0 Å². The number of carbonyl (C=O) groups excluding carboxylic acids is 1. The van der Waals surface area contributed by atoms with E-state index in [1.54, 1.807) is 0 Å². The molecule has 0 aromatic heterocycles. The highest BCUT2D eigenvalue weighted by Crippen LogP contribution is 2.23. The molecule has 0 saturated carbocycles. The van der Waals surface area contributed by atoms with E-state index in [0.717, 1.165) is 54.5 Å². The van der Waals surface area contributed by atoms with E-state index in [9.17, 15) is 4.79 Å². The van der Waals surface area contributed by atoms with Crippen molar-refractivity contribution in [3.63, 3.8) is 0 Å². The molecule has 1 saturated heterocycles. The Balaban J connectivity index is 1.99. The van der Waals surface area contributed by atoms with Crippen molar-refractivity contribution in [2.45, 2.75) is 26.2 Å². The van der Waals surface area contributed by atoms with Gasteiger partial charge in [-0.25, -0.2) is 0 Å². The third kappa shape index (κ3) is 3.57. The lowest BCUT2D eigenvalue weighted by Gasteiger charge is -2.32. The summed E-state index contributed by atoms with van der Waals surface area (Å²) in [6.45, 7) is 4.48. The van der Waals surface area contributed by atoms with Crippen molar-refractivity contribution < 1.29 is 4.79 Å². The number of halogens is 1. The largest absolute Gasteiger partial charge is 0.339 e. The molecule has 104 valence electrons. The zero-order chi connectivity index (χ0) is 13.8. The Labute approximate surface area is 123 Å². The first-order valence-electron chi connectivity index (χ1n) is 6.87. The van der Waals surface area contributed by atoms with Crippen molar-refractivity contribution in [2.75, 3.05) is 19.6 Å². The highest BCUT2D eigenvalue weighted by atomic mass is 79.9. The van der Waals surface area contributed by atoms with Crippen LogP contribution in [0.25, 0.3) is 0 Å². The van der Waals surface area contributed by atoms with Crippen LogP contribution >= 0.6 is 15.9 Å². The van der Waals surface area contributed by atoms with Crippen molar-refractivity contribution in [1.82, 2.24) is 4.90 Å². The second kappa shape index (κ2) is 6.53. The minimum atomic E-state index is 0.154. The van der Waals surface area contributed by atoms with Gasteiger partial charge in [0, 0.05) is 23.1 Å². The van der Waals surface area contributed by atoms with Crippen LogP contribution in [0.5, 0.6) is 0 Å². The molecule has 0 bridgehead atoms. The molecule has 2 N–H and O–H groups in total. The molecule has 4 heteroatoms. The molecule has 1 aliphatic heterocycles. The molecule has 0 unspecified atom stereocenters. The number of hydrogen-bond acceptors (Lipinski definition) is 2. The maximum absolute atomic E-state index is 12.4. The number of nitrogens with zero attached hydrogens (tertiary/aromatic N) is 1. The third-order valence-corrected chi connectivity index (χ3v) is 4.77. The monoisotopic (exact) mass is 324 g/mol. The summed E-state index contributed by atoms with van der Waals surface area (Å²) >= 11 is 3.46. The average molecular weight is 325 g/mol. The van der Waals surface area contributed by atoms with Gasteiger partial charge in [-0.15, -0.1) is 0 Å². The van der Waals surface area contributed by atoms with Crippen molar-refractivity contribution >= 4 is 21.8 Å². The van der Waals surface area contributed by atoms with Gasteiger partial charge in [-0.2, -0.15) is 0 Å². The maximum Gasteiger partial charge on any atom is 0.253 e. The van der Waals surface area contributed by atoms with Crippen molar-refractivity contribution in [2.24, 2.45) is 11.7 Å². The van der Waals surface area contributed by atoms with E-state index in [2.05, 4.69) is 15.9 Å². The van der Waals surface area contributed by atoms with E-state index in [1.165, 1.54) is 0 Å². The van der Waals surface area contributed by atoms with Crippen molar-refractivity contribution in [3.05, 3.63) is 33.8 Å². The number of amides is 1. The number of carbonyl (C=O) groups is 1. The summed E-state index contributed by atoms with van der Waals surface area (Å²) in [7, 11) is 0. The molecule has 3 nitrogen and oxygen atoms in total. The molecule has 0 aliphatic carbocycles. The van der Waals surface area contributed by atoms with Gasteiger partial charge in [-0.3, -0.25) is 4.79 Å². The highest BCUT2D eigenvalue weighted by Gasteiger charge is 2.23. The maximum atomic E-state index is 12.4. The first-order valence-corrected chi connectivity index (χ1v) is 7.66.